The predicted molar refractivity (Wildman–Crippen MR) is 72.4 cm³/mol. The average molecular weight is 244 g/mol. The Morgan fingerprint density at radius 1 is 1.39 bits per heavy atom. The standard InChI is InChI=1S/C15H20N2O/c1-10-8-14(17-15(18)9-11-6-7-11)12-4-2-3-5-13(12)16-10/h2-5,10-11,14,16H,6-9H2,1H3,(H,17,18). The highest BCUT2D eigenvalue weighted by Crippen LogP contribution is 2.34. The van der Waals surface area contributed by atoms with E-state index in [1.807, 2.05) is 12.1 Å². The fourth-order valence-corrected chi connectivity index (χ4v) is 2.71. The van der Waals surface area contributed by atoms with Crippen molar-refractivity contribution in [3.05, 3.63) is 29.8 Å². The van der Waals surface area contributed by atoms with Gasteiger partial charge >= 0.3 is 0 Å². The van der Waals surface area contributed by atoms with Gasteiger partial charge in [0.2, 0.25) is 5.91 Å². The number of rotatable bonds is 3. The lowest BCUT2D eigenvalue weighted by atomic mass is 9.93. The van der Waals surface area contributed by atoms with Crippen LogP contribution in [0.5, 0.6) is 0 Å². The van der Waals surface area contributed by atoms with E-state index in [0.717, 1.165) is 12.1 Å². The van der Waals surface area contributed by atoms with Crippen LogP contribution in [0, 0.1) is 5.92 Å². The zero-order valence-electron chi connectivity index (χ0n) is 10.8. The molecule has 0 bridgehead atoms. The van der Waals surface area contributed by atoms with Gasteiger partial charge in [0.05, 0.1) is 6.04 Å². The van der Waals surface area contributed by atoms with Crippen LogP contribution < -0.4 is 10.6 Å². The summed E-state index contributed by atoms with van der Waals surface area (Å²) in [7, 11) is 0. The Hall–Kier alpha value is -1.51. The highest BCUT2D eigenvalue weighted by Gasteiger charge is 2.28. The maximum absolute atomic E-state index is 11.9. The molecule has 0 saturated heterocycles. The van der Waals surface area contributed by atoms with E-state index in [-0.39, 0.29) is 11.9 Å². The quantitative estimate of drug-likeness (QED) is 0.858. The van der Waals surface area contributed by atoms with Crippen molar-refractivity contribution < 1.29 is 4.79 Å². The zero-order valence-corrected chi connectivity index (χ0v) is 10.8. The Bertz CT molecular complexity index is 454. The molecule has 1 aromatic carbocycles. The molecule has 3 heteroatoms. The van der Waals surface area contributed by atoms with Crippen LogP contribution in [0.15, 0.2) is 24.3 Å². The number of para-hydroxylation sites is 1. The average Bonchev–Trinajstić information content (AvgIpc) is 3.12. The third-order valence-electron chi connectivity index (χ3n) is 3.83. The van der Waals surface area contributed by atoms with Crippen LogP contribution in [-0.4, -0.2) is 11.9 Å². The fourth-order valence-electron chi connectivity index (χ4n) is 2.71. The molecule has 1 heterocycles. The van der Waals surface area contributed by atoms with Gasteiger partial charge in [-0.2, -0.15) is 0 Å². The molecule has 2 aliphatic rings. The van der Waals surface area contributed by atoms with E-state index in [4.69, 9.17) is 0 Å². The number of nitrogens with one attached hydrogen (secondary N) is 2. The van der Waals surface area contributed by atoms with Gasteiger partial charge in [-0.1, -0.05) is 18.2 Å². The van der Waals surface area contributed by atoms with Crippen molar-refractivity contribution in [1.29, 1.82) is 0 Å². The summed E-state index contributed by atoms with van der Waals surface area (Å²) >= 11 is 0. The Morgan fingerprint density at radius 3 is 2.94 bits per heavy atom. The summed E-state index contributed by atoms with van der Waals surface area (Å²) in [5.41, 5.74) is 2.38. The monoisotopic (exact) mass is 244 g/mol. The first-order valence-corrected chi connectivity index (χ1v) is 6.87. The number of hydrogen-bond donors (Lipinski definition) is 2. The number of anilines is 1. The molecule has 96 valence electrons. The van der Waals surface area contributed by atoms with E-state index < -0.39 is 0 Å². The van der Waals surface area contributed by atoms with Crippen LogP contribution in [0.4, 0.5) is 5.69 Å². The molecule has 2 unspecified atom stereocenters. The highest BCUT2D eigenvalue weighted by molar-refractivity contribution is 5.77. The van der Waals surface area contributed by atoms with Gasteiger partial charge in [-0.05, 0) is 43.7 Å². The second-order valence-electron chi connectivity index (χ2n) is 5.64. The summed E-state index contributed by atoms with van der Waals surface area (Å²) in [5, 5.41) is 6.66. The Kier molecular flexibility index (Phi) is 2.98. The van der Waals surface area contributed by atoms with Gasteiger partial charge in [0, 0.05) is 18.2 Å². The van der Waals surface area contributed by atoms with Gasteiger partial charge in [0.1, 0.15) is 0 Å². The fraction of sp³-hybridized carbons (Fsp3) is 0.533. The molecular formula is C15H20N2O. The number of carbonyl (C=O) groups is 1. The van der Waals surface area contributed by atoms with Crippen molar-refractivity contribution in [2.75, 3.05) is 5.32 Å². The molecule has 2 N–H and O–H groups in total. The molecule has 18 heavy (non-hydrogen) atoms. The van der Waals surface area contributed by atoms with Crippen molar-refractivity contribution in [2.24, 2.45) is 5.92 Å². The van der Waals surface area contributed by atoms with Crippen LogP contribution in [0.2, 0.25) is 0 Å². The lowest BCUT2D eigenvalue weighted by Gasteiger charge is -2.31. The number of hydrogen-bond acceptors (Lipinski definition) is 2. The molecular weight excluding hydrogens is 224 g/mol. The first kappa shape index (κ1) is 11.6. The normalized spacial score (nSPS) is 26.1. The van der Waals surface area contributed by atoms with Crippen molar-refractivity contribution in [1.82, 2.24) is 5.32 Å². The largest absolute Gasteiger partial charge is 0.382 e. The van der Waals surface area contributed by atoms with Crippen LogP contribution in [0.25, 0.3) is 0 Å². The maximum Gasteiger partial charge on any atom is 0.220 e. The van der Waals surface area contributed by atoms with Gasteiger partial charge in [-0.3, -0.25) is 4.79 Å². The smallest absolute Gasteiger partial charge is 0.220 e. The third kappa shape index (κ3) is 2.50. The van der Waals surface area contributed by atoms with Gasteiger partial charge in [-0.15, -0.1) is 0 Å². The molecule has 1 aromatic rings. The summed E-state index contributed by atoms with van der Waals surface area (Å²) in [6, 6.07) is 8.85. The lowest BCUT2D eigenvalue weighted by Crippen LogP contribution is -2.36. The first-order valence-electron chi connectivity index (χ1n) is 6.87. The second-order valence-corrected chi connectivity index (χ2v) is 5.64. The van der Waals surface area contributed by atoms with Crippen LogP contribution >= 0.6 is 0 Å². The van der Waals surface area contributed by atoms with Crippen LogP contribution in [0.3, 0.4) is 0 Å². The molecule has 1 aliphatic heterocycles. The molecule has 1 fully saturated rings. The van der Waals surface area contributed by atoms with E-state index >= 15 is 0 Å². The Morgan fingerprint density at radius 2 is 2.17 bits per heavy atom. The van der Waals surface area contributed by atoms with E-state index in [9.17, 15) is 4.79 Å². The van der Waals surface area contributed by atoms with E-state index in [0.29, 0.717) is 18.4 Å². The SMILES string of the molecule is CC1CC(NC(=O)CC2CC2)c2ccccc2N1. The second kappa shape index (κ2) is 4.63. The molecule has 1 amide bonds. The molecule has 3 nitrogen and oxygen atoms in total. The summed E-state index contributed by atoms with van der Waals surface area (Å²) in [6.45, 7) is 2.16. The lowest BCUT2D eigenvalue weighted by molar-refractivity contribution is -0.122. The van der Waals surface area contributed by atoms with Crippen LogP contribution in [0.1, 0.15) is 44.2 Å². The topological polar surface area (TPSA) is 41.1 Å². The number of fused-ring (bicyclic) bond motifs is 1. The first-order chi connectivity index (χ1) is 8.72. The summed E-state index contributed by atoms with van der Waals surface area (Å²) in [4.78, 5) is 11.9. The van der Waals surface area contributed by atoms with Crippen molar-refractivity contribution in [3.8, 4) is 0 Å². The predicted octanol–water partition coefficient (Wildman–Crippen LogP) is 2.85. The minimum atomic E-state index is 0.170. The molecule has 0 aromatic heterocycles. The number of amides is 1. The van der Waals surface area contributed by atoms with Gasteiger partial charge in [0.15, 0.2) is 0 Å². The van der Waals surface area contributed by atoms with Crippen molar-refractivity contribution in [2.45, 2.75) is 44.7 Å². The third-order valence-corrected chi connectivity index (χ3v) is 3.83. The molecule has 0 radical (unpaired) electrons. The van der Waals surface area contributed by atoms with Gasteiger partial charge < -0.3 is 10.6 Å². The molecule has 3 rings (SSSR count). The molecule has 2 atom stereocenters. The minimum Gasteiger partial charge on any atom is -0.382 e. The van der Waals surface area contributed by atoms with Gasteiger partial charge in [-0.25, -0.2) is 0 Å². The number of benzene rings is 1. The molecule has 1 aliphatic carbocycles. The maximum atomic E-state index is 11.9. The molecule has 0 spiro atoms. The van der Waals surface area contributed by atoms with E-state index in [1.54, 1.807) is 0 Å². The summed E-state index contributed by atoms with van der Waals surface area (Å²) in [6.07, 6.45) is 4.13. The molecule has 1 saturated carbocycles. The number of carbonyl (C=O) groups excluding carboxylic acids is 1. The Balaban J connectivity index is 1.72. The highest BCUT2D eigenvalue weighted by atomic mass is 16.1. The van der Waals surface area contributed by atoms with E-state index in [2.05, 4.69) is 29.7 Å². The van der Waals surface area contributed by atoms with E-state index in [1.165, 1.54) is 18.4 Å². The van der Waals surface area contributed by atoms with Crippen molar-refractivity contribution >= 4 is 11.6 Å². The van der Waals surface area contributed by atoms with Crippen LogP contribution in [-0.2, 0) is 4.79 Å². The Labute approximate surface area is 108 Å². The van der Waals surface area contributed by atoms with Crippen molar-refractivity contribution in [3.63, 3.8) is 0 Å². The summed E-state index contributed by atoms with van der Waals surface area (Å²) < 4.78 is 0. The summed E-state index contributed by atoms with van der Waals surface area (Å²) in [5.74, 6) is 0.866. The zero-order chi connectivity index (χ0) is 12.5. The van der Waals surface area contributed by atoms with Gasteiger partial charge in [0.25, 0.3) is 0 Å². The minimum absolute atomic E-state index is 0.170.